The maximum absolute atomic E-state index is 13.1. The minimum atomic E-state index is -1.34. The van der Waals surface area contributed by atoms with Crippen molar-refractivity contribution in [2.75, 3.05) is 6.61 Å². The zero-order valence-electron chi connectivity index (χ0n) is 21.6. The van der Waals surface area contributed by atoms with Crippen LogP contribution in [0.5, 0.6) is 5.75 Å². The van der Waals surface area contributed by atoms with Crippen molar-refractivity contribution in [1.82, 2.24) is 4.57 Å². The normalized spacial score (nSPS) is 19.7. The Morgan fingerprint density at radius 1 is 0.707 bits per heavy atom. The van der Waals surface area contributed by atoms with Crippen molar-refractivity contribution in [2.24, 2.45) is 0 Å². The van der Waals surface area contributed by atoms with E-state index in [9.17, 15) is 24.3 Å². The number of benzene rings is 3. The van der Waals surface area contributed by atoms with Crippen LogP contribution >= 0.6 is 0 Å². The van der Waals surface area contributed by atoms with Gasteiger partial charge in [0.25, 0.3) is 5.56 Å². The highest BCUT2D eigenvalue weighted by Crippen LogP contribution is 2.35. The molecule has 10 nitrogen and oxygen atoms in total. The SMILES string of the molecule is O=C(OC[C@@H]1O[C@@H](n2ccc(O)cc2=O)[C@@H](OC(=O)c2ccccc2)[C@@H]1OC(=O)c1ccccc1)c1ccccc1. The first-order valence-electron chi connectivity index (χ1n) is 12.7. The zero-order valence-corrected chi connectivity index (χ0v) is 21.6. The van der Waals surface area contributed by atoms with Gasteiger partial charge in [-0.15, -0.1) is 0 Å². The molecule has 1 aromatic heterocycles. The molecule has 5 rings (SSSR count). The van der Waals surface area contributed by atoms with Gasteiger partial charge in [-0.25, -0.2) is 14.4 Å². The number of aromatic hydroxyl groups is 1. The van der Waals surface area contributed by atoms with E-state index in [4.69, 9.17) is 18.9 Å². The molecule has 0 spiro atoms. The van der Waals surface area contributed by atoms with Crippen LogP contribution in [0.1, 0.15) is 37.3 Å². The highest BCUT2D eigenvalue weighted by atomic mass is 16.7. The van der Waals surface area contributed by atoms with E-state index in [0.29, 0.717) is 5.56 Å². The van der Waals surface area contributed by atoms with Gasteiger partial charge in [-0.2, -0.15) is 0 Å². The number of aromatic nitrogens is 1. The number of carbonyl (C=O) groups excluding carboxylic acids is 3. The van der Waals surface area contributed by atoms with Gasteiger partial charge >= 0.3 is 17.9 Å². The Hall–Kier alpha value is -5.22. The molecule has 41 heavy (non-hydrogen) atoms. The van der Waals surface area contributed by atoms with Crippen molar-refractivity contribution in [3.63, 3.8) is 0 Å². The summed E-state index contributed by atoms with van der Waals surface area (Å²) < 4.78 is 24.3. The molecular weight excluding hydrogens is 530 g/mol. The maximum Gasteiger partial charge on any atom is 0.338 e. The van der Waals surface area contributed by atoms with E-state index in [1.165, 1.54) is 12.3 Å². The van der Waals surface area contributed by atoms with Crippen LogP contribution in [0, 0.1) is 0 Å². The Kier molecular flexibility index (Phi) is 8.21. The molecule has 3 aromatic carbocycles. The largest absolute Gasteiger partial charge is 0.508 e. The number of hydrogen-bond donors (Lipinski definition) is 1. The molecule has 4 aromatic rings. The van der Waals surface area contributed by atoms with Crippen molar-refractivity contribution in [3.05, 3.63) is 136 Å². The number of esters is 3. The topological polar surface area (TPSA) is 130 Å². The monoisotopic (exact) mass is 555 g/mol. The number of rotatable bonds is 8. The summed E-state index contributed by atoms with van der Waals surface area (Å²) in [5.41, 5.74) is 0.0785. The molecule has 0 aliphatic carbocycles. The van der Waals surface area contributed by atoms with Crippen LogP contribution in [-0.2, 0) is 18.9 Å². The minimum absolute atomic E-state index is 0.219. The predicted molar refractivity (Wildman–Crippen MR) is 144 cm³/mol. The van der Waals surface area contributed by atoms with Gasteiger partial charge in [0.15, 0.2) is 18.4 Å². The highest BCUT2D eigenvalue weighted by molar-refractivity contribution is 5.91. The number of carbonyl (C=O) groups is 3. The van der Waals surface area contributed by atoms with E-state index in [2.05, 4.69) is 0 Å². The fraction of sp³-hybridized carbons (Fsp3) is 0.161. The van der Waals surface area contributed by atoms with E-state index < -0.39 is 48.0 Å². The molecule has 10 heteroatoms. The van der Waals surface area contributed by atoms with Crippen LogP contribution in [0.4, 0.5) is 0 Å². The average molecular weight is 556 g/mol. The second-order valence-corrected chi connectivity index (χ2v) is 9.13. The van der Waals surface area contributed by atoms with Gasteiger partial charge in [-0.05, 0) is 42.5 Å². The zero-order chi connectivity index (χ0) is 28.8. The first-order valence-corrected chi connectivity index (χ1v) is 12.7. The molecule has 1 fully saturated rings. The Morgan fingerprint density at radius 2 is 1.20 bits per heavy atom. The summed E-state index contributed by atoms with van der Waals surface area (Å²) in [5.74, 6) is -2.41. The molecule has 0 unspecified atom stereocenters. The molecule has 0 bridgehead atoms. The second kappa shape index (κ2) is 12.3. The number of nitrogens with zero attached hydrogens (tertiary/aromatic N) is 1. The van der Waals surface area contributed by atoms with Gasteiger partial charge in [0.1, 0.15) is 18.5 Å². The lowest BCUT2D eigenvalue weighted by Crippen LogP contribution is -2.42. The van der Waals surface area contributed by atoms with E-state index in [1.54, 1.807) is 91.0 Å². The van der Waals surface area contributed by atoms with Gasteiger partial charge in [0.2, 0.25) is 0 Å². The fourth-order valence-corrected chi connectivity index (χ4v) is 4.37. The van der Waals surface area contributed by atoms with Crippen molar-refractivity contribution < 1.29 is 38.4 Å². The summed E-state index contributed by atoms with van der Waals surface area (Å²) in [7, 11) is 0. The third-order valence-electron chi connectivity index (χ3n) is 6.38. The smallest absolute Gasteiger partial charge is 0.338 e. The Morgan fingerprint density at radius 3 is 1.71 bits per heavy atom. The molecule has 4 atom stereocenters. The summed E-state index contributed by atoms with van der Waals surface area (Å²) in [6.07, 6.45) is -3.78. The van der Waals surface area contributed by atoms with E-state index >= 15 is 0 Å². The summed E-state index contributed by atoms with van der Waals surface area (Å²) in [5, 5.41) is 9.78. The van der Waals surface area contributed by atoms with E-state index in [0.717, 1.165) is 10.6 Å². The van der Waals surface area contributed by atoms with Gasteiger partial charge in [-0.3, -0.25) is 9.36 Å². The third-order valence-corrected chi connectivity index (χ3v) is 6.38. The van der Waals surface area contributed by atoms with Gasteiger partial charge in [0, 0.05) is 12.3 Å². The van der Waals surface area contributed by atoms with E-state index in [-0.39, 0.29) is 23.5 Å². The summed E-state index contributed by atoms with van der Waals surface area (Å²) in [6, 6.07) is 26.8. The van der Waals surface area contributed by atoms with Crippen molar-refractivity contribution in [3.8, 4) is 5.75 Å². The fourth-order valence-electron chi connectivity index (χ4n) is 4.37. The Bertz CT molecular complexity index is 1570. The highest BCUT2D eigenvalue weighted by Gasteiger charge is 2.51. The average Bonchev–Trinajstić information content (AvgIpc) is 3.33. The number of pyridine rings is 1. The van der Waals surface area contributed by atoms with Crippen LogP contribution in [0.25, 0.3) is 0 Å². The molecule has 208 valence electrons. The lowest BCUT2D eigenvalue weighted by atomic mass is 10.1. The molecular formula is C31H25NO9. The van der Waals surface area contributed by atoms with Gasteiger partial charge in [0.05, 0.1) is 16.7 Å². The van der Waals surface area contributed by atoms with Crippen LogP contribution in [0.15, 0.2) is 114 Å². The third kappa shape index (κ3) is 6.34. The molecule has 2 heterocycles. The van der Waals surface area contributed by atoms with Crippen LogP contribution in [0.2, 0.25) is 0 Å². The molecule has 1 aliphatic rings. The van der Waals surface area contributed by atoms with Crippen LogP contribution in [0.3, 0.4) is 0 Å². The maximum atomic E-state index is 13.1. The lowest BCUT2D eigenvalue weighted by molar-refractivity contribution is -0.0635. The van der Waals surface area contributed by atoms with Crippen molar-refractivity contribution in [2.45, 2.75) is 24.5 Å². The molecule has 1 N–H and O–H groups in total. The van der Waals surface area contributed by atoms with Crippen molar-refractivity contribution >= 4 is 17.9 Å². The molecule has 1 aliphatic heterocycles. The second-order valence-electron chi connectivity index (χ2n) is 9.13. The molecule has 0 radical (unpaired) electrons. The lowest BCUT2D eigenvalue weighted by Gasteiger charge is -2.25. The summed E-state index contributed by atoms with van der Waals surface area (Å²) >= 11 is 0. The van der Waals surface area contributed by atoms with Crippen LogP contribution < -0.4 is 5.56 Å². The summed E-state index contributed by atoms with van der Waals surface area (Å²) in [6.45, 7) is -0.386. The molecule has 0 saturated carbocycles. The minimum Gasteiger partial charge on any atom is -0.508 e. The van der Waals surface area contributed by atoms with Crippen LogP contribution in [-0.4, -0.2) is 52.5 Å². The standard InChI is InChI=1S/C31H25NO9/c33-23-16-17-32(25(34)18-23)28-27(41-31(37)22-14-8-3-9-15-22)26(40-30(36)21-12-6-2-7-13-21)24(39-28)19-38-29(35)20-10-4-1-5-11-20/h1-18,24,26-28,33H,19H2/t24-,26+,27-,28+/m0/s1. The van der Waals surface area contributed by atoms with Crippen molar-refractivity contribution in [1.29, 1.82) is 0 Å². The Labute approximate surface area is 234 Å². The number of hydrogen-bond acceptors (Lipinski definition) is 9. The predicted octanol–water partition coefficient (Wildman–Crippen LogP) is 3.76. The number of ether oxygens (including phenoxy) is 4. The van der Waals surface area contributed by atoms with E-state index in [1.807, 2.05) is 0 Å². The molecule has 0 amide bonds. The quantitative estimate of drug-likeness (QED) is 0.255. The Balaban J connectivity index is 1.49. The first-order chi connectivity index (χ1) is 19.9. The summed E-state index contributed by atoms with van der Waals surface area (Å²) in [4.78, 5) is 51.8. The van der Waals surface area contributed by atoms with Gasteiger partial charge in [-0.1, -0.05) is 54.6 Å². The first kappa shape index (κ1) is 27.4. The van der Waals surface area contributed by atoms with Gasteiger partial charge < -0.3 is 24.1 Å². The molecule has 1 saturated heterocycles.